The summed E-state index contributed by atoms with van der Waals surface area (Å²) in [5, 5.41) is 3.09. The molecule has 1 unspecified atom stereocenters. The minimum absolute atomic E-state index is 0.337. The van der Waals surface area contributed by atoms with Crippen LogP contribution in [-0.4, -0.2) is 12.0 Å². The zero-order chi connectivity index (χ0) is 15.6. The average molecular weight is 355 g/mol. The molecule has 1 aromatic heterocycles. The number of benzene rings is 1. The molecule has 0 saturated carbocycles. The number of hydrogen-bond acceptors (Lipinski definition) is 3. The molecule has 21 heavy (non-hydrogen) atoms. The van der Waals surface area contributed by atoms with E-state index >= 15 is 0 Å². The van der Waals surface area contributed by atoms with Crippen LogP contribution in [0, 0.1) is 0 Å². The van der Waals surface area contributed by atoms with E-state index in [1.165, 1.54) is 6.20 Å². The highest BCUT2D eigenvalue weighted by Crippen LogP contribution is 2.36. The van der Waals surface area contributed by atoms with E-state index in [2.05, 4.69) is 10.3 Å². The van der Waals surface area contributed by atoms with Gasteiger partial charge in [-0.15, -0.1) is 11.3 Å². The normalized spacial score (nSPS) is 13.4. The van der Waals surface area contributed by atoms with Crippen molar-refractivity contribution in [3.8, 4) is 0 Å². The summed E-state index contributed by atoms with van der Waals surface area (Å²) in [7, 11) is 1.67. The van der Waals surface area contributed by atoms with Gasteiger partial charge in [-0.2, -0.15) is 13.2 Å². The molecule has 0 fully saturated rings. The lowest BCUT2D eigenvalue weighted by atomic mass is 10.1. The first-order chi connectivity index (χ1) is 9.82. The zero-order valence-electron chi connectivity index (χ0n) is 10.8. The fourth-order valence-electron chi connectivity index (χ4n) is 1.86. The van der Waals surface area contributed by atoms with Crippen LogP contribution in [0.3, 0.4) is 0 Å². The van der Waals surface area contributed by atoms with E-state index in [9.17, 15) is 13.2 Å². The second-order valence-electron chi connectivity index (χ2n) is 4.31. The van der Waals surface area contributed by atoms with E-state index in [0.717, 1.165) is 0 Å². The minimum atomic E-state index is -4.43. The summed E-state index contributed by atoms with van der Waals surface area (Å²) in [6, 6.07) is 4.78. The van der Waals surface area contributed by atoms with Crippen LogP contribution in [-0.2, 0) is 12.6 Å². The number of thiazole rings is 1. The van der Waals surface area contributed by atoms with Crippen LogP contribution in [0.25, 0.3) is 0 Å². The van der Waals surface area contributed by atoms with Gasteiger partial charge in [0.15, 0.2) is 5.01 Å². The largest absolute Gasteiger partial charge is 0.443 e. The maximum Gasteiger partial charge on any atom is 0.443 e. The lowest BCUT2D eigenvalue weighted by Gasteiger charge is -2.16. The monoisotopic (exact) mass is 354 g/mol. The van der Waals surface area contributed by atoms with E-state index in [0.29, 0.717) is 38.2 Å². The predicted octanol–water partition coefficient (Wildman–Crippen LogP) is 4.97. The highest BCUT2D eigenvalue weighted by Gasteiger charge is 2.35. The Hall–Kier alpha value is -0.820. The second kappa shape index (κ2) is 6.52. The fourth-order valence-corrected chi connectivity index (χ4v) is 3.30. The van der Waals surface area contributed by atoms with Gasteiger partial charge >= 0.3 is 6.18 Å². The Kier molecular flexibility index (Phi) is 5.14. The van der Waals surface area contributed by atoms with Crippen molar-refractivity contribution in [3.63, 3.8) is 0 Å². The van der Waals surface area contributed by atoms with E-state index < -0.39 is 11.2 Å². The third-order valence-corrected chi connectivity index (χ3v) is 4.79. The molecule has 0 radical (unpaired) electrons. The molecule has 1 heterocycles. The molecule has 1 N–H and O–H groups in total. The number of nitrogens with zero attached hydrogens (tertiary/aromatic N) is 1. The Bertz CT molecular complexity index is 608. The van der Waals surface area contributed by atoms with E-state index in [-0.39, 0.29) is 6.04 Å². The van der Waals surface area contributed by atoms with Crippen LogP contribution in [0.1, 0.15) is 21.5 Å². The number of alkyl halides is 3. The van der Waals surface area contributed by atoms with Gasteiger partial charge in [0, 0.05) is 27.2 Å². The molecule has 0 aliphatic rings. The molecule has 1 aromatic carbocycles. The smallest absolute Gasteiger partial charge is 0.312 e. The predicted molar refractivity (Wildman–Crippen MR) is 79.1 cm³/mol. The molecule has 2 nitrogen and oxygen atoms in total. The molecule has 2 aromatic rings. The van der Waals surface area contributed by atoms with Gasteiger partial charge in [-0.1, -0.05) is 29.3 Å². The van der Waals surface area contributed by atoms with Gasteiger partial charge in [0.2, 0.25) is 0 Å². The summed E-state index contributed by atoms with van der Waals surface area (Å²) in [5.74, 6) is 0. The van der Waals surface area contributed by atoms with E-state index in [1.54, 1.807) is 25.2 Å². The summed E-state index contributed by atoms with van der Waals surface area (Å²) in [4.78, 5) is 3.92. The van der Waals surface area contributed by atoms with Crippen LogP contribution >= 0.6 is 34.5 Å². The molecule has 0 spiro atoms. The lowest BCUT2D eigenvalue weighted by Crippen LogP contribution is -2.18. The van der Waals surface area contributed by atoms with Gasteiger partial charge in [-0.3, -0.25) is 0 Å². The molecular formula is C13H11Cl2F3N2S. The van der Waals surface area contributed by atoms with Gasteiger partial charge in [-0.05, 0) is 31.2 Å². The van der Waals surface area contributed by atoms with Crippen molar-refractivity contribution in [3.05, 3.63) is 49.9 Å². The van der Waals surface area contributed by atoms with Gasteiger partial charge in [0.25, 0.3) is 0 Å². The van der Waals surface area contributed by atoms with Gasteiger partial charge in [0.05, 0.1) is 0 Å². The topological polar surface area (TPSA) is 24.9 Å². The van der Waals surface area contributed by atoms with Crippen molar-refractivity contribution in [2.24, 2.45) is 0 Å². The molecule has 0 saturated heterocycles. The SMILES string of the molecule is CNC(Cc1c(Cl)cccc1Cl)c1cnc(C(F)(F)F)s1. The molecular weight excluding hydrogens is 344 g/mol. The molecule has 8 heteroatoms. The number of aromatic nitrogens is 1. The summed E-state index contributed by atoms with van der Waals surface area (Å²) in [6.07, 6.45) is -2.81. The second-order valence-corrected chi connectivity index (χ2v) is 6.19. The Morgan fingerprint density at radius 2 is 1.90 bits per heavy atom. The number of hydrogen-bond donors (Lipinski definition) is 1. The average Bonchev–Trinajstić information content (AvgIpc) is 2.88. The van der Waals surface area contributed by atoms with Crippen LogP contribution in [0.2, 0.25) is 10.0 Å². The molecule has 1 atom stereocenters. The van der Waals surface area contributed by atoms with Crippen molar-refractivity contribution in [2.45, 2.75) is 18.6 Å². The summed E-state index contributed by atoms with van der Waals surface area (Å²) in [5.41, 5.74) is 0.696. The summed E-state index contributed by atoms with van der Waals surface area (Å²) < 4.78 is 37.8. The van der Waals surface area contributed by atoms with Crippen molar-refractivity contribution in [1.82, 2.24) is 10.3 Å². The van der Waals surface area contributed by atoms with Crippen LogP contribution in [0.15, 0.2) is 24.4 Å². The van der Waals surface area contributed by atoms with Gasteiger partial charge in [-0.25, -0.2) is 4.98 Å². The maximum atomic E-state index is 12.6. The number of halogens is 5. The molecule has 0 aliphatic carbocycles. The van der Waals surface area contributed by atoms with Crippen LogP contribution in [0.5, 0.6) is 0 Å². The quantitative estimate of drug-likeness (QED) is 0.838. The standard InChI is InChI=1S/C13H11Cl2F3N2S/c1-19-10(5-7-8(14)3-2-4-9(7)15)11-6-20-12(21-11)13(16,17)18/h2-4,6,10,19H,5H2,1H3. The Morgan fingerprint density at radius 3 is 2.38 bits per heavy atom. The fraction of sp³-hybridized carbons (Fsp3) is 0.308. The first-order valence-corrected chi connectivity index (χ1v) is 7.53. The summed E-state index contributed by atoms with van der Waals surface area (Å²) in [6.45, 7) is 0. The molecule has 0 amide bonds. The Balaban J connectivity index is 2.26. The van der Waals surface area contributed by atoms with Crippen molar-refractivity contribution < 1.29 is 13.2 Å². The molecule has 2 rings (SSSR count). The van der Waals surface area contributed by atoms with Crippen molar-refractivity contribution in [2.75, 3.05) is 7.05 Å². The number of likely N-dealkylation sites (N-methyl/N-ethyl adjacent to an activating group) is 1. The van der Waals surface area contributed by atoms with E-state index in [1.807, 2.05) is 0 Å². The first-order valence-electron chi connectivity index (χ1n) is 5.96. The highest BCUT2D eigenvalue weighted by atomic mass is 35.5. The molecule has 0 aliphatic heterocycles. The summed E-state index contributed by atoms with van der Waals surface area (Å²) >= 11 is 12.8. The van der Waals surface area contributed by atoms with Crippen LogP contribution < -0.4 is 5.32 Å². The van der Waals surface area contributed by atoms with E-state index in [4.69, 9.17) is 23.2 Å². The van der Waals surface area contributed by atoms with Gasteiger partial charge in [0.1, 0.15) is 0 Å². The first kappa shape index (κ1) is 16.5. The third-order valence-electron chi connectivity index (χ3n) is 2.93. The Labute approximate surface area is 133 Å². The molecule has 114 valence electrons. The number of nitrogens with one attached hydrogen (secondary N) is 1. The highest BCUT2D eigenvalue weighted by molar-refractivity contribution is 7.11. The van der Waals surface area contributed by atoms with Gasteiger partial charge < -0.3 is 5.32 Å². The van der Waals surface area contributed by atoms with Crippen molar-refractivity contribution in [1.29, 1.82) is 0 Å². The maximum absolute atomic E-state index is 12.6. The minimum Gasteiger partial charge on any atom is -0.312 e. The number of rotatable bonds is 4. The zero-order valence-corrected chi connectivity index (χ0v) is 13.2. The third kappa shape index (κ3) is 3.88. The molecule has 0 bridgehead atoms. The van der Waals surface area contributed by atoms with Crippen molar-refractivity contribution >= 4 is 34.5 Å². The lowest BCUT2D eigenvalue weighted by molar-refractivity contribution is -0.137. The Morgan fingerprint density at radius 1 is 1.29 bits per heavy atom. The van der Waals surface area contributed by atoms with Crippen LogP contribution in [0.4, 0.5) is 13.2 Å².